The van der Waals surface area contributed by atoms with E-state index in [0.717, 1.165) is 11.6 Å². The van der Waals surface area contributed by atoms with Gasteiger partial charge in [-0.1, -0.05) is 30.3 Å². The minimum atomic E-state index is -4.15. The van der Waals surface area contributed by atoms with Crippen molar-refractivity contribution >= 4 is 27.3 Å². The van der Waals surface area contributed by atoms with E-state index in [1.54, 1.807) is 24.3 Å². The van der Waals surface area contributed by atoms with Gasteiger partial charge in [0.2, 0.25) is 0 Å². The Bertz CT molecular complexity index is 1230. The monoisotopic (exact) mass is 469 g/mol. The zero-order valence-electron chi connectivity index (χ0n) is 18.6. The van der Waals surface area contributed by atoms with Gasteiger partial charge in [-0.05, 0) is 56.7 Å². The predicted molar refractivity (Wildman–Crippen MR) is 128 cm³/mol. The molecule has 174 valence electrons. The molecule has 1 atom stereocenters. The van der Waals surface area contributed by atoms with Crippen molar-refractivity contribution < 1.29 is 23.1 Å². The standard InChI is InChI=1S/C24H27N3O5S/c1-15(2)32-19-11-9-18(10-12-19)27-33(30,31)23-13-20(24(25)29)22(28)14-21(23)26-16(3)17-7-5-4-6-8-17/h4-16,26-28H,1-3H3,(H2,25,29). The summed E-state index contributed by atoms with van der Waals surface area (Å²) >= 11 is 0. The molecule has 33 heavy (non-hydrogen) atoms. The van der Waals surface area contributed by atoms with E-state index in [-0.39, 0.29) is 28.3 Å². The number of nitrogens with two attached hydrogens (primary N) is 1. The van der Waals surface area contributed by atoms with Gasteiger partial charge in [0.25, 0.3) is 15.9 Å². The number of carbonyl (C=O) groups excluding carboxylic acids is 1. The minimum absolute atomic E-state index is 0.0167. The Morgan fingerprint density at radius 2 is 1.64 bits per heavy atom. The topological polar surface area (TPSA) is 131 Å². The first-order valence-electron chi connectivity index (χ1n) is 10.3. The normalized spacial score (nSPS) is 12.2. The van der Waals surface area contributed by atoms with E-state index in [0.29, 0.717) is 11.4 Å². The number of rotatable bonds is 9. The maximum atomic E-state index is 13.3. The lowest BCUT2D eigenvalue weighted by molar-refractivity contribution is 0.0997. The van der Waals surface area contributed by atoms with Crippen molar-refractivity contribution in [3.8, 4) is 11.5 Å². The van der Waals surface area contributed by atoms with E-state index in [4.69, 9.17) is 10.5 Å². The average molecular weight is 470 g/mol. The van der Waals surface area contributed by atoms with Crippen LogP contribution < -0.4 is 20.5 Å². The average Bonchev–Trinajstić information content (AvgIpc) is 2.75. The number of ether oxygens (including phenoxy) is 1. The molecule has 0 spiro atoms. The number of benzene rings is 3. The molecule has 0 saturated heterocycles. The second-order valence-corrected chi connectivity index (χ2v) is 9.45. The van der Waals surface area contributed by atoms with E-state index in [1.807, 2.05) is 51.1 Å². The molecule has 9 heteroatoms. The third-order valence-electron chi connectivity index (χ3n) is 4.80. The van der Waals surface area contributed by atoms with Gasteiger partial charge in [0.1, 0.15) is 16.4 Å². The third kappa shape index (κ3) is 5.95. The molecular formula is C24H27N3O5S. The molecule has 0 fully saturated rings. The number of anilines is 2. The Morgan fingerprint density at radius 3 is 2.21 bits per heavy atom. The van der Waals surface area contributed by atoms with E-state index in [1.165, 1.54) is 6.07 Å². The van der Waals surface area contributed by atoms with Crippen molar-refractivity contribution in [2.75, 3.05) is 10.0 Å². The van der Waals surface area contributed by atoms with Gasteiger partial charge < -0.3 is 20.9 Å². The number of primary amides is 1. The maximum absolute atomic E-state index is 13.3. The molecule has 0 aliphatic carbocycles. The van der Waals surface area contributed by atoms with Crippen molar-refractivity contribution in [3.05, 3.63) is 77.9 Å². The fraction of sp³-hybridized carbons (Fsp3) is 0.208. The third-order valence-corrected chi connectivity index (χ3v) is 6.22. The molecule has 1 amide bonds. The fourth-order valence-corrected chi connectivity index (χ4v) is 4.48. The second kappa shape index (κ2) is 9.83. The van der Waals surface area contributed by atoms with E-state index < -0.39 is 21.7 Å². The van der Waals surface area contributed by atoms with Crippen LogP contribution >= 0.6 is 0 Å². The van der Waals surface area contributed by atoms with Crippen molar-refractivity contribution in [1.82, 2.24) is 0 Å². The van der Waals surface area contributed by atoms with E-state index in [2.05, 4.69) is 10.0 Å². The van der Waals surface area contributed by atoms with Gasteiger partial charge in [0.05, 0.1) is 17.4 Å². The van der Waals surface area contributed by atoms with Crippen molar-refractivity contribution in [2.45, 2.75) is 37.8 Å². The summed E-state index contributed by atoms with van der Waals surface area (Å²) in [4.78, 5) is 11.5. The van der Waals surface area contributed by atoms with Crippen LogP contribution in [-0.4, -0.2) is 25.5 Å². The molecule has 0 aromatic heterocycles. The van der Waals surface area contributed by atoms with Crippen LogP contribution in [0.25, 0.3) is 0 Å². The van der Waals surface area contributed by atoms with Crippen LogP contribution in [0.2, 0.25) is 0 Å². The fourth-order valence-electron chi connectivity index (χ4n) is 3.24. The van der Waals surface area contributed by atoms with Gasteiger partial charge in [-0.2, -0.15) is 0 Å². The number of hydrogen-bond donors (Lipinski definition) is 4. The summed E-state index contributed by atoms with van der Waals surface area (Å²) in [5, 5.41) is 13.4. The summed E-state index contributed by atoms with van der Waals surface area (Å²) < 4.78 is 34.6. The van der Waals surface area contributed by atoms with Gasteiger partial charge in [-0.3, -0.25) is 9.52 Å². The lowest BCUT2D eigenvalue weighted by atomic mass is 10.1. The highest BCUT2D eigenvalue weighted by molar-refractivity contribution is 7.92. The first-order chi connectivity index (χ1) is 15.6. The Labute approximate surface area is 193 Å². The molecule has 3 rings (SSSR count). The van der Waals surface area contributed by atoms with Gasteiger partial charge in [-0.25, -0.2) is 8.42 Å². The maximum Gasteiger partial charge on any atom is 0.263 e. The number of aromatic hydroxyl groups is 1. The first kappa shape index (κ1) is 23.9. The number of phenols is 1. The largest absolute Gasteiger partial charge is 0.507 e. The van der Waals surface area contributed by atoms with Gasteiger partial charge in [0, 0.05) is 17.8 Å². The van der Waals surface area contributed by atoms with Crippen LogP contribution in [0.1, 0.15) is 42.7 Å². The number of nitrogens with one attached hydrogen (secondary N) is 2. The molecule has 0 saturated carbocycles. The smallest absolute Gasteiger partial charge is 0.263 e. The Kier molecular flexibility index (Phi) is 7.13. The Hall–Kier alpha value is -3.72. The Morgan fingerprint density at radius 1 is 1.00 bits per heavy atom. The SMILES string of the molecule is CC(C)Oc1ccc(NS(=O)(=O)c2cc(C(N)=O)c(O)cc2NC(C)c2ccccc2)cc1. The summed E-state index contributed by atoms with van der Waals surface area (Å²) in [6.07, 6.45) is -0.0167. The molecule has 8 nitrogen and oxygen atoms in total. The van der Waals surface area contributed by atoms with Gasteiger partial charge in [-0.15, -0.1) is 0 Å². The predicted octanol–water partition coefficient (Wildman–Crippen LogP) is 4.25. The van der Waals surface area contributed by atoms with Crippen LogP contribution in [0.3, 0.4) is 0 Å². The molecule has 1 unspecified atom stereocenters. The summed E-state index contributed by atoms with van der Waals surface area (Å²) in [7, 11) is -4.15. The zero-order chi connectivity index (χ0) is 24.2. The van der Waals surface area contributed by atoms with E-state index in [9.17, 15) is 18.3 Å². The molecule has 0 aliphatic rings. The van der Waals surface area contributed by atoms with Crippen LogP contribution in [-0.2, 0) is 10.0 Å². The lowest BCUT2D eigenvalue weighted by Gasteiger charge is -2.20. The highest BCUT2D eigenvalue weighted by atomic mass is 32.2. The van der Waals surface area contributed by atoms with Gasteiger partial charge in [0.15, 0.2) is 0 Å². The number of amides is 1. The highest BCUT2D eigenvalue weighted by Gasteiger charge is 2.24. The van der Waals surface area contributed by atoms with Crippen molar-refractivity contribution in [3.63, 3.8) is 0 Å². The molecule has 0 radical (unpaired) electrons. The summed E-state index contributed by atoms with van der Waals surface area (Å²) in [6.45, 7) is 5.64. The van der Waals surface area contributed by atoms with E-state index >= 15 is 0 Å². The van der Waals surface area contributed by atoms with Crippen LogP contribution in [0, 0.1) is 0 Å². The molecule has 0 bridgehead atoms. The van der Waals surface area contributed by atoms with Crippen LogP contribution in [0.15, 0.2) is 71.6 Å². The Balaban J connectivity index is 1.97. The summed E-state index contributed by atoms with van der Waals surface area (Å²) in [5.41, 5.74) is 6.38. The molecule has 0 aliphatic heterocycles. The van der Waals surface area contributed by atoms with Crippen LogP contribution in [0.4, 0.5) is 11.4 Å². The molecular weight excluding hydrogens is 442 g/mol. The molecule has 0 heterocycles. The zero-order valence-corrected chi connectivity index (χ0v) is 19.4. The minimum Gasteiger partial charge on any atom is -0.507 e. The highest BCUT2D eigenvalue weighted by Crippen LogP contribution is 2.33. The number of hydrogen-bond acceptors (Lipinski definition) is 6. The summed E-state index contributed by atoms with van der Waals surface area (Å²) in [5.74, 6) is -0.756. The van der Waals surface area contributed by atoms with Gasteiger partial charge >= 0.3 is 0 Å². The molecule has 3 aromatic rings. The van der Waals surface area contributed by atoms with Crippen LogP contribution in [0.5, 0.6) is 11.5 Å². The summed E-state index contributed by atoms with van der Waals surface area (Å²) in [6, 6.07) is 17.8. The number of carbonyl (C=O) groups is 1. The number of sulfonamides is 1. The first-order valence-corrected chi connectivity index (χ1v) is 11.8. The van der Waals surface area contributed by atoms with Crippen molar-refractivity contribution in [1.29, 1.82) is 0 Å². The van der Waals surface area contributed by atoms with Crippen molar-refractivity contribution in [2.24, 2.45) is 5.73 Å². The lowest BCUT2D eigenvalue weighted by Crippen LogP contribution is -2.19. The second-order valence-electron chi connectivity index (χ2n) is 7.80. The molecule has 5 N–H and O–H groups in total. The quantitative estimate of drug-likeness (QED) is 0.371. The molecule has 3 aromatic carbocycles.